The second kappa shape index (κ2) is 5.97. The van der Waals surface area contributed by atoms with Gasteiger partial charge in [-0.15, -0.1) is 0 Å². The van der Waals surface area contributed by atoms with E-state index < -0.39 is 9.05 Å². The molecule has 2 fully saturated rings. The Bertz CT molecular complexity index is 432. The molecule has 2 aliphatic heterocycles. The predicted molar refractivity (Wildman–Crippen MR) is 74.6 cm³/mol. The van der Waals surface area contributed by atoms with Gasteiger partial charge in [0, 0.05) is 48.7 Å². The normalized spacial score (nSPS) is 27.2. The smallest absolute Gasteiger partial charge is 0.232 e. The molecule has 0 bridgehead atoms. The molecule has 0 aromatic rings. The lowest BCUT2D eigenvalue weighted by Gasteiger charge is -2.36. The molecule has 0 N–H and O–H groups in total. The topological polar surface area (TPSA) is 57.7 Å². The summed E-state index contributed by atoms with van der Waals surface area (Å²) in [5.74, 6) is -0.149. The van der Waals surface area contributed by atoms with Gasteiger partial charge in [-0.1, -0.05) is 6.92 Å². The molecule has 0 saturated carbocycles. The molecule has 5 nitrogen and oxygen atoms in total. The molecule has 0 aromatic carbocycles. The molecule has 0 spiro atoms. The van der Waals surface area contributed by atoms with E-state index in [4.69, 9.17) is 10.7 Å². The molecule has 7 heteroatoms. The Hall–Kier alpha value is -0.330. The minimum Gasteiger partial charge on any atom is -0.339 e. The van der Waals surface area contributed by atoms with Crippen LogP contribution in [0.25, 0.3) is 0 Å². The minimum atomic E-state index is -3.51. The fourth-order valence-corrected chi connectivity index (χ4v) is 4.42. The van der Waals surface area contributed by atoms with E-state index in [2.05, 4.69) is 11.8 Å². The van der Waals surface area contributed by atoms with Gasteiger partial charge >= 0.3 is 0 Å². The first-order chi connectivity index (χ1) is 8.89. The quantitative estimate of drug-likeness (QED) is 0.724. The molecular formula is C12H21ClN2O3S. The maximum absolute atomic E-state index is 12.0. The fraction of sp³-hybridized carbons (Fsp3) is 0.917. The van der Waals surface area contributed by atoms with Crippen molar-refractivity contribution in [3.05, 3.63) is 0 Å². The van der Waals surface area contributed by atoms with Gasteiger partial charge in [-0.3, -0.25) is 4.79 Å². The van der Waals surface area contributed by atoms with Crippen LogP contribution in [0.4, 0.5) is 0 Å². The van der Waals surface area contributed by atoms with Gasteiger partial charge in [0.15, 0.2) is 0 Å². The highest BCUT2D eigenvalue weighted by Gasteiger charge is 2.37. The van der Waals surface area contributed by atoms with E-state index >= 15 is 0 Å². The van der Waals surface area contributed by atoms with Gasteiger partial charge in [0.1, 0.15) is 0 Å². The first-order valence-electron chi connectivity index (χ1n) is 6.83. The summed E-state index contributed by atoms with van der Waals surface area (Å²) < 4.78 is 22.2. The second-order valence-electron chi connectivity index (χ2n) is 5.49. The molecule has 1 unspecified atom stereocenters. The van der Waals surface area contributed by atoms with Crippen LogP contribution in [0.15, 0.2) is 0 Å². The molecule has 110 valence electrons. The van der Waals surface area contributed by atoms with Crippen LogP contribution in [0, 0.1) is 5.92 Å². The number of piperidine rings is 1. The third-order valence-electron chi connectivity index (χ3n) is 4.12. The number of likely N-dealkylation sites (tertiary alicyclic amines) is 2. The largest absolute Gasteiger partial charge is 0.339 e. The fourth-order valence-electron chi connectivity index (χ4n) is 3.10. The standard InChI is InChI=1S/C12H21ClN2O3S/c1-2-14-5-3-11(4-6-14)15-8-10(7-12(15)16)9-19(13,17)18/h10-11H,2-9H2,1H3. The summed E-state index contributed by atoms with van der Waals surface area (Å²) in [6, 6.07) is 0.276. The number of halogens is 1. The summed E-state index contributed by atoms with van der Waals surface area (Å²) in [7, 11) is 1.76. The summed E-state index contributed by atoms with van der Waals surface area (Å²) in [6.07, 6.45) is 2.29. The molecule has 1 atom stereocenters. The van der Waals surface area contributed by atoms with E-state index in [9.17, 15) is 13.2 Å². The van der Waals surface area contributed by atoms with Crippen LogP contribution in [0.1, 0.15) is 26.2 Å². The van der Waals surface area contributed by atoms with Gasteiger partial charge < -0.3 is 9.80 Å². The highest BCUT2D eigenvalue weighted by Crippen LogP contribution is 2.26. The van der Waals surface area contributed by atoms with E-state index in [1.807, 2.05) is 4.90 Å². The van der Waals surface area contributed by atoms with Gasteiger partial charge in [-0.2, -0.15) is 0 Å². The Labute approximate surface area is 119 Å². The highest BCUT2D eigenvalue weighted by atomic mass is 35.7. The van der Waals surface area contributed by atoms with Crippen LogP contribution in [0.3, 0.4) is 0 Å². The minimum absolute atomic E-state index is 0.0836. The summed E-state index contributed by atoms with van der Waals surface area (Å²) in [4.78, 5) is 16.2. The Morgan fingerprint density at radius 1 is 1.32 bits per heavy atom. The van der Waals surface area contributed by atoms with Gasteiger partial charge in [-0.05, 0) is 19.4 Å². The number of rotatable bonds is 4. The Morgan fingerprint density at radius 3 is 2.47 bits per heavy atom. The van der Waals surface area contributed by atoms with Crippen molar-refractivity contribution in [2.45, 2.75) is 32.2 Å². The van der Waals surface area contributed by atoms with Crippen molar-refractivity contribution in [3.8, 4) is 0 Å². The summed E-state index contributed by atoms with van der Waals surface area (Å²) in [5, 5.41) is 0. The average molecular weight is 309 g/mol. The Morgan fingerprint density at radius 2 is 1.95 bits per heavy atom. The lowest BCUT2D eigenvalue weighted by molar-refractivity contribution is -0.130. The lowest BCUT2D eigenvalue weighted by atomic mass is 10.0. The lowest BCUT2D eigenvalue weighted by Crippen LogP contribution is -2.45. The van der Waals surface area contributed by atoms with Crippen molar-refractivity contribution in [2.75, 3.05) is 31.9 Å². The van der Waals surface area contributed by atoms with Gasteiger partial charge in [0.2, 0.25) is 15.0 Å². The number of carbonyl (C=O) groups is 1. The zero-order valence-electron chi connectivity index (χ0n) is 11.2. The summed E-state index contributed by atoms with van der Waals surface area (Å²) in [5.41, 5.74) is 0. The molecule has 0 radical (unpaired) electrons. The summed E-state index contributed by atoms with van der Waals surface area (Å²) in [6.45, 7) is 5.77. The monoisotopic (exact) mass is 308 g/mol. The highest BCUT2D eigenvalue weighted by molar-refractivity contribution is 8.13. The Balaban J connectivity index is 1.90. The van der Waals surface area contributed by atoms with Crippen molar-refractivity contribution in [1.29, 1.82) is 0 Å². The average Bonchev–Trinajstić information content (AvgIpc) is 2.68. The molecule has 2 saturated heterocycles. The van der Waals surface area contributed by atoms with Crippen LogP contribution >= 0.6 is 10.7 Å². The van der Waals surface area contributed by atoms with Crippen LogP contribution in [0.2, 0.25) is 0 Å². The van der Waals surface area contributed by atoms with Crippen molar-refractivity contribution >= 4 is 25.6 Å². The number of hydrogen-bond acceptors (Lipinski definition) is 4. The molecule has 1 amide bonds. The zero-order valence-corrected chi connectivity index (χ0v) is 12.8. The van der Waals surface area contributed by atoms with Crippen LogP contribution in [0.5, 0.6) is 0 Å². The van der Waals surface area contributed by atoms with E-state index in [1.165, 1.54) is 0 Å². The molecule has 19 heavy (non-hydrogen) atoms. The first kappa shape index (κ1) is 15.1. The summed E-state index contributed by atoms with van der Waals surface area (Å²) >= 11 is 0. The van der Waals surface area contributed by atoms with Crippen molar-refractivity contribution in [2.24, 2.45) is 5.92 Å². The van der Waals surface area contributed by atoms with Gasteiger partial charge in [-0.25, -0.2) is 8.42 Å². The second-order valence-corrected chi connectivity index (χ2v) is 8.31. The molecule has 0 aromatic heterocycles. The van der Waals surface area contributed by atoms with Gasteiger partial charge in [0.25, 0.3) is 0 Å². The molecule has 2 rings (SSSR count). The SMILES string of the molecule is CCN1CCC(N2CC(CS(=O)(=O)Cl)CC2=O)CC1. The van der Waals surface area contributed by atoms with Crippen molar-refractivity contribution < 1.29 is 13.2 Å². The number of hydrogen-bond donors (Lipinski definition) is 0. The molecule has 2 aliphatic rings. The first-order valence-corrected chi connectivity index (χ1v) is 9.31. The number of nitrogens with zero attached hydrogens (tertiary/aromatic N) is 2. The van der Waals surface area contributed by atoms with E-state index in [0.29, 0.717) is 13.0 Å². The predicted octanol–water partition coefficient (Wildman–Crippen LogP) is 0.888. The van der Waals surface area contributed by atoms with Crippen LogP contribution in [-0.2, 0) is 13.8 Å². The van der Waals surface area contributed by atoms with E-state index in [1.54, 1.807) is 0 Å². The maximum atomic E-state index is 12.0. The van der Waals surface area contributed by atoms with Gasteiger partial charge in [0.05, 0.1) is 5.75 Å². The molecular weight excluding hydrogens is 288 g/mol. The van der Waals surface area contributed by atoms with Crippen LogP contribution < -0.4 is 0 Å². The number of amides is 1. The third kappa shape index (κ3) is 4.07. The third-order valence-corrected chi connectivity index (χ3v) is 5.37. The van der Waals surface area contributed by atoms with E-state index in [0.717, 1.165) is 32.5 Å². The van der Waals surface area contributed by atoms with Crippen LogP contribution in [-0.4, -0.2) is 62.1 Å². The number of carbonyl (C=O) groups excluding carboxylic acids is 1. The van der Waals surface area contributed by atoms with Crippen molar-refractivity contribution in [3.63, 3.8) is 0 Å². The Kier molecular flexibility index (Phi) is 4.74. The van der Waals surface area contributed by atoms with E-state index in [-0.39, 0.29) is 23.6 Å². The zero-order chi connectivity index (χ0) is 14.0. The maximum Gasteiger partial charge on any atom is 0.232 e. The van der Waals surface area contributed by atoms with Crippen molar-refractivity contribution in [1.82, 2.24) is 9.80 Å². The molecule has 2 heterocycles. The molecule has 0 aliphatic carbocycles.